The maximum atomic E-state index is 10.8. The summed E-state index contributed by atoms with van der Waals surface area (Å²) in [6, 6.07) is 0. The van der Waals surface area contributed by atoms with Crippen molar-refractivity contribution >= 4 is 5.91 Å². The largest absolute Gasteiger partial charge is 0.392 e. The molecule has 0 unspecified atom stereocenters. The van der Waals surface area contributed by atoms with E-state index in [2.05, 4.69) is 10.1 Å². The predicted octanol–water partition coefficient (Wildman–Crippen LogP) is -3.73. The number of ether oxygens (including phenoxy) is 1. The molecule has 1 aromatic rings. The number of amides is 1. The molecule has 10 nitrogen and oxygen atoms in total. The van der Waals surface area contributed by atoms with Gasteiger partial charge < -0.3 is 25.8 Å². The summed E-state index contributed by atoms with van der Waals surface area (Å²) in [4.78, 5) is 14.4. The van der Waals surface area contributed by atoms with Crippen LogP contribution in [0.3, 0.4) is 0 Å². The van der Waals surface area contributed by atoms with Gasteiger partial charge in [0.15, 0.2) is 12.0 Å². The lowest BCUT2D eigenvalue weighted by atomic mass is 10.1. The molecule has 100 valence electrons. The minimum atomic E-state index is -1.80. The van der Waals surface area contributed by atoms with Gasteiger partial charge in [-0.3, -0.25) is 10.5 Å². The highest BCUT2D eigenvalue weighted by Gasteiger charge is 2.52. The second-order valence-corrected chi connectivity index (χ2v) is 3.97. The highest BCUT2D eigenvalue weighted by molar-refractivity contribution is 5.88. The van der Waals surface area contributed by atoms with Gasteiger partial charge in [-0.1, -0.05) is 0 Å². The van der Waals surface area contributed by atoms with Crippen LogP contribution >= 0.6 is 0 Å². The van der Waals surface area contributed by atoms with Gasteiger partial charge >= 0.3 is 0 Å². The lowest BCUT2D eigenvalue weighted by Gasteiger charge is -2.24. The van der Waals surface area contributed by atoms with Gasteiger partial charge in [-0.05, 0) is 0 Å². The van der Waals surface area contributed by atoms with Crippen molar-refractivity contribution in [2.45, 2.75) is 24.2 Å². The number of rotatable bonds is 3. The Morgan fingerprint density at radius 2 is 2.28 bits per heavy atom. The molecule has 18 heavy (non-hydrogen) atoms. The molecule has 1 aliphatic heterocycles. The van der Waals surface area contributed by atoms with Gasteiger partial charge in [-0.2, -0.15) is 0 Å². The normalized spacial score (nSPS) is 35.9. The fraction of sp³-hybridized carbons (Fsp3) is 0.625. The van der Waals surface area contributed by atoms with Crippen LogP contribution in [-0.2, 0) is 4.74 Å². The third kappa shape index (κ3) is 1.85. The van der Waals surface area contributed by atoms with Gasteiger partial charge in [-0.15, -0.1) is 5.10 Å². The quantitative estimate of drug-likeness (QED) is 0.369. The van der Waals surface area contributed by atoms with E-state index < -0.39 is 36.7 Å². The molecular weight excluding hydrogens is 246 g/mol. The van der Waals surface area contributed by atoms with E-state index in [1.807, 2.05) is 0 Å². The van der Waals surface area contributed by atoms with Crippen LogP contribution in [0.2, 0.25) is 0 Å². The molecule has 10 heteroatoms. The first-order valence-electron chi connectivity index (χ1n) is 5.03. The van der Waals surface area contributed by atoms with Crippen LogP contribution < -0.4 is 11.5 Å². The van der Waals surface area contributed by atoms with E-state index >= 15 is 0 Å². The standard InChI is InChI=1S/C8H13N5O5/c9-5(17)6-11-2-13(12-6)7-3(15)4(16)8(10,1-14)18-7/h2-4,7,14-16H,1,10H2,(H2,9,17)/t3-,4+,7-,8-/m1/s1. The Morgan fingerprint density at radius 3 is 2.72 bits per heavy atom. The van der Waals surface area contributed by atoms with Crippen LogP contribution in [0.4, 0.5) is 0 Å². The van der Waals surface area contributed by atoms with Gasteiger partial charge in [0.05, 0.1) is 6.61 Å². The van der Waals surface area contributed by atoms with Crippen molar-refractivity contribution in [1.82, 2.24) is 14.8 Å². The molecule has 1 fully saturated rings. The molecule has 2 rings (SSSR count). The van der Waals surface area contributed by atoms with Crippen molar-refractivity contribution in [3.05, 3.63) is 12.2 Å². The Morgan fingerprint density at radius 1 is 1.61 bits per heavy atom. The number of carbonyl (C=O) groups excluding carboxylic acids is 1. The van der Waals surface area contributed by atoms with Gasteiger partial charge in [-0.25, -0.2) is 9.67 Å². The van der Waals surface area contributed by atoms with Crippen molar-refractivity contribution in [2.75, 3.05) is 6.61 Å². The minimum Gasteiger partial charge on any atom is -0.392 e. The van der Waals surface area contributed by atoms with E-state index in [1.54, 1.807) is 0 Å². The summed E-state index contributed by atoms with van der Waals surface area (Å²) >= 11 is 0. The van der Waals surface area contributed by atoms with Gasteiger partial charge in [0.1, 0.15) is 18.5 Å². The number of primary amides is 1. The van der Waals surface area contributed by atoms with Crippen LogP contribution in [0, 0.1) is 0 Å². The van der Waals surface area contributed by atoms with Crippen LogP contribution in [0.25, 0.3) is 0 Å². The summed E-state index contributed by atoms with van der Waals surface area (Å²) in [6.45, 7) is -0.695. The Kier molecular flexibility index (Phi) is 3.04. The molecule has 0 aliphatic carbocycles. The maximum Gasteiger partial charge on any atom is 0.288 e. The van der Waals surface area contributed by atoms with Crippen LogP contribution in [0.5, 0.6) is 0 Å². The van der Waals surface area contributed by atoms with Crippen LogP contribution in [0.1, 0.15) is 16.8 Å². The van der Waals surface area contributed by atoms with E-state index in [1.165, 1.54) is 0 Å². The number of nitrogens with zero attached hydrogens (tertiary/aromatic N) is 3. The summed E-state index contributed by atoms with van der Waals surface area (Å²) in [5, 5.41) is 32.1. The number of carbonyl (C=O) groups is 1. The molecule has 0 bridgehead atoms. The molecule has 4 atom stereocenters. The molecule has 1 aromatic heterocycles. The fourth-order valence-corrected chi connectivity index (χ4v) is 1.66. The monoisotopic (exact) mass is 259 g/mol. The highest BCUT2D eigenvalue weighted by Crippen LogP contribution is 2.33. The van der Waals surface area contributed by atoms with E-state index in [4.69, 9.17) is 21.3 Å². The smallest absolute Gasteiger partial charge is 0.288 e. The summed E-state index contributed by atoms with van der Waals surface area (Å²) in [5.74, 6) is -1.11. The zero-order valence-corrected chi connectivity index (χ0v) is 9.17. The van der Waals surface area contributed by atoms with E-state index in [9.17, 15) is 15.0 Å². The number of aliphatic hydroxyl groups excluding tert-OH is 3. The molecule has 0 radical (unpaired) electrons. The van der Waals surface area contributed by atoms with E-state index in [0.29, 0.717) is 0 Å². The third-order valence-corrected chi connectivity index (χ3v) is 2.69. The lowest BCUT2D eigenvalue weighted by Crippen LogP contribution is -2.54. The summed E-state index contributed by atoms with van der Waals surface area (Å²) in [5.41, 5.74) is 8.72. The second-order valence-electron chi connectivity index (χ2n) is 3.97. The highest BCUT2D eigenvalue weighted by atomic mass is 16.6. The number of hydrogen-bond donors (Lipinski definition) is 5. The second kappa shape index (κ2) is 4.26. The summed E-state index contributed by atoms with van der Waals surface area (Å²) in [7, 11) is 0. The summed E-state index contributed by atoms with van der Waals surface area (Å²) in [6.07, 6.45) is -3.00. The molecular formula is C8H13N5O5. The first kappa shape index (κ1) is 12.9. The molecule has 0 saturated carbocycles. The number of hydrogen-bond acceptors (Lipinski definition) is 8. The number of aromatic nitrogens is 3. The average molecular weight is 259 g/mol. The SMILES string of the molecule is NC(=O)c1ncn([C@@H]2O[C@](N)(CO)[C@@H](O)[C@H]2O)n1. The van der Waals surface area contributed by atoms with Crippen molar-refractivity contribution < 1.29 is 24.9 Å². The zero-order valence-electron chi connectivity index (χ0n) is 9.17. The Labute approximate surface area is 101 Å². The average Bonchev–Trinajstić information content (AvgIpc) is 2.90. The van der Waals surface area contributed by atoms with E-state index in [0.717, 1.165) is 11.0 Å². The lowest BCUT2D eigenvalue weighted by molar-refractivity contribution is -0.127. The molecule has 7 N–H and O–H groups in total. The summed E-state index contributed by atoms with van der Waals surface area (Å²) < 4.78 is 6.14. The van der Waals surface area contributed by atoms with Gasteiger partial charge in [0.2, 0.25) is 5.82 Å². The minimum absolute atomic E-state index is 0.265. The molecule has 0 spiro atoms. The predicted molar refractivity (Wildman–Crippen MR) is 54.7 cm³/mol. The maximum absolute atomic E-state index is 10.8. The molecule has 2 heterocycles. The molecule has 0 aromatic carbocycles. The zero-order chi connectivity index (χ0) is 13.5. The third-order valence-electron chi connectivity index (χ3n) is 2.69. The molecule has 1 aliphatic rings. The first-order chi connectivity index (χ1) is 8.39. The Balaban J connectivity index is 2.26. The fourth-order valence-electron chi connectivity index (χ4n) is 1.66. The Bertz CT molecular complexity index is 464. The van der Waals surface area contributed by atoms with Gasteiger partial charge in [0.25, 0.3) is 5.91 Å². The first-order valence-corrected chi connectivity index (χ1v) is 5.03. The van der Waals surface area contributed by atoms with Crippen LogP contribution in [0.15, 0.2) is 6.33 Å². The van der Waals surface area contributed by atoms with Crippen molar-refractivity contribution in [3.63, 3.8) is 0 Å². The van der Waals surface area contributed by atoms with Crippen molar-refractivity contribution in [2.24, 2.45) is 11.5 Å². The number of nitrogens with two attached hydrogens (primary N) is 2. The van der Waals surface area contributed by atoms with Crippen molar-refractivity contribution in [1.29, 1.82) is 0 Å². The molecule has 1 amide bonds. The Hall–Kier alpha value is -1.59. The number of aliphatic hydroxyl groups is 3. The van der Waals surface area contributed by atoms with Gasteiger partial charge in [0, 0.05) is 0 Å². The van der Waals surface area contributed by atoms with Crippen molar-refractivity contribution in [3.8, 4) is 0 Å². The topological polar surface area (TPSA) is 170 Å². The van der Waals surface area contributed by atoms with E-state index in [-0.39, 0.29) is 5.82 Å². The molecule has 1 saturated heterocycles. The van der Waals surface area contributed by atoms with Crippen LogP contribution in [-0.4, -0.2) is 60.5 Å².